The van der Waals surface area contributed by atoms with Crippen molar-refractivity contribution >= 4 is 21.8 Å². The summed E-state index contributed by atoms with van der Waals surface area (Å²) in [6.07, 6.45) is 5.94. The molecule has 1 amide bonds. The van der Waals surface area contributed by atoms with E-state index in [-0.39, 0.29) is 17.5 Å². The second kappa shape index (κ2) is 6.33. The van der Waals surface area contributed by atoms with Crippen LogP contribution in [0.4, 0.5) is 4.39 Å². The Balaban J connectivity index is 2.30. The van der Waals surface area contributed by atoms with E-state index in [9.17, 15) is 9.18 Å². The van der Waals surface area contributed by atoms with E-state index in [1.54, 1.807) is 23.1 Å². The van der Waals surface area contributed by atoms with E-state index in [1.165, 1.54) is 6.07 Å². The van der Waals surface area contributed by atoms with Crippen LogP contribution < -0.4 is 0 Å². The monoisotopic (exact) mass is 325 g/mol. The molecule has 0 N–H and O–H groups in total. The number of hydrogen-bond acceptors (Lipinski definition) is 1. The number of carbonyl (C=O) groups excluding carboxylic acids is 1. The number of benzene rings is 1. The Bertz CT molecular complexity index is 463. The van der Waals surface area contributed by atoms with Crippen molar-refractivity contribution in [3.8, 4) is 0 Å². The number of halogens is 2. The summed E-state index contributed by atoms with van der Waals surface area (Å²) in [6, 6.07) is 4.80. The first-order valence-corrected chi connectivity index (χ1v) is 7.30. The van der Waals surface area contributed by atoms with Gasteiger partial charge in [-0.2, -0.15) is 0 Å². The first-order chi connectivity index (χ1) is 9.15. The zero-order valence-electron chi connectivity index (χ0n) is 10.7. The van der Waals surface area contributed by atoms with Crippen LogP contribution in [0.1, 0.15) is 36.0 Å². The standard InChI is InChI=1S/C15H17BrFNO/c1-2-10-18(11-6-3-4-7-11)15(19)14-12(16)8-5-9-13(14)17/h2,5,8-9,11H,1,3-4,6-7,10H2. The Morgan fingerprint density at radius 1 is 1.47 bits per heavy atom. The largest absolute Gasteiger partial charge is 0.332 e. The lowest BCUT2D eigenvalue weighted by Crippen LogP contribution is -2.39. The Labute approximate surface area is 121 Å². The van der Waals surface area contributed by atoms with Crippen molar-refractivity contribution in [2.75, 3.05) is 6.54 Å². The summed E-state index contributed by atoms with van der Waals surface area (Å²) < 4.78 is 14.4. The van der Waals surface area contributed by atoms with Gasteiger partial charge in [0.15, 0.2) is 0 Å². The molecule has 1 aliphatic rings. The van der Waals surface area contributed by atoms with Crippen molar-refractivity contribution in [1.29, 1.82) is 0 Å². The van der Waals surface area contributed by atoms with Gasteiger partial charge < -0.3 is 4.90 Å². The lowest BCUT2D eigenvalue weighted by atomic mass is 10.1. The van der Waals surface area contributed by atoms with Gasteiger partial charge in [-0.25, -0.2) is 4.39 Å². The number of rotatable bonds is 4. The minimum absolute atomic E-state index is 0.122. The molecule has 0 atom stereocenters. The van der Waals surface area contributed by atoms with Gasteiger partial charge in [0.25, 0.3) is 5.91 Å². The summed E-state index contributed by atoms with van der Waals surface area (Å²) >= 11 is 3.26. The lowest BCUT2D eigenvalue weighted by Gasteiger charge is -2.28. The van der Waals surface area contributed by atoms with Gasteiger partial charge >= 0.3 is 0 Å². The predicted molar refractivity (Wildman–Crippen MR) is 77.6 cm³/mol. The number of nitrogens with zero attached hydrogens (tertiary/aromatic N) is 1. The summed E-state index contributed by atoms with van der Waals surface area (Å²) in [4.78, 5) is 14.3. The molecular weight excluding hydrogens is 309 g/mol. The molecule has 0 heterocycles. The predicted octanol–water partition coefficient (Wildman–Crippen LogP) is 4.16. The van der Waals surface area contributed by atoms with Crippen LogP contribution in [0, 0.1) is 5.82 Å². The van der Waals surface area contributed by atoms with Crippen LogP contribution >= 0.6 is 15.9 Å². The van der Waals surface area contributed by atoms with Gasteiger partial charge in [0.05, 0.1) is 5.56 Å². The van der Waals surface area contributed by atoms with Gasteiger partial charge in [-0.3, -0.25) is 4.79 Å². The highest BCUT2D eigenvalue weighted by molar-refractivity contribution is 9.10. The fourth-order valence-corrected chi connectivity index (χ4v) is 3.11. The molecule has 2 rings (SSSR count). The fourth-order valence-electron chi connectivity index (χ4n) is 2.60. The minimum atomic E-state index is -0.480. The van der Waals surface area contributed by atoms with Crippen LogP contribution in [0.2, 0.25) is 0 Å². The number of carbonyl (C=O) groups is 1. The van der Waals surface area contributed by atoms with Crippen molar-refractivity contribution in [3.05, 3.63) is 46.7 Å². The quantitative estimate of drug-likeness (QED) is 0.761. The molecule has 1 aromatic rings. The molecule has 1 aromatic carbocycles. The summed E-state index contributed by atoms with van der Waals surface area (Å²) in [5, 5.41) is 0. The Morgan fingerprint density at radius 3 is 2.74 bits per heavy atom. The molecule has 0 radical (unpaired) electrons. The topological polar surface area (TPSA) is 20.3 Å². The van der Waals surface area contributed by atoms with E-state index < -0.39 is 5.82 Å². The molecule has 19 heavy (non-hydrogen) atoms. The van der Waals surface area contributed by atoms with Crippen LogP contribution in [0.25, 0.3) is 0 Å². The molecule has 4 heteroatoms. The van der Waals surface area contributed by atoms with E-state index in [1.807, 2.05) is 0 Å². The highest BCUT2D eigenvalue weighted by atomic mass is 79.9. The minimum Gasteiger partial charge on any atom is -0.332 e. The second-order valence-corrected chi connectivity index (χ2v) is 5.64. The van der Waals surface area contributed by atoms with Crippen LogP contribution in [-0.2, 0) is 0 Å². The lowest BCUT2D eigenvalue weighted by molar-refractivity contribution is 0.0700. The van der Waals surface area contributed by atoms with Gasteiger partial charge in [0.2, 0.25) is 0 Å². The smallest absolute Gasteiger partial charge is 0.258 e. The summed E-state index contributed by atoms with van der Waals surface area (Å²) in [7, 11) is 0. The average molecular weight is 326 g/mol. The van der Waals surface area contributed by atoms with Crippen molar-refractivity contribution in [3.63, 3.8) is 0 Å². The Hall–Kier alpha value is -1.16. The third kappa shape index (κ3) is 3.06. The zero-order valence-corrected chi connectivity index (χ0v) is 12.3. The van der Waals surface area contributed by atoms with Crippen molar-refractivity contribution < 1.29 is 9.18 Å². The highest BCUT2D eigenvalue weighted by Gasteiger charge is 2.29. The third-order valence-electron chi connectivity index (χ3n) is 3.53. The van der Waals surface area contributed by atoms with Gasteiger partial charge in [0.1, 0.15) is 5.82 Å². The highest BCUT2D eigenvalue weighted by Crippen LogP contribution is 2.27. The molecule has 0 saturated heterocycles. The maximum atomic E-state index is 13.9. The van der Waals surface area contributed by atoms with Crippen LogP contribution in [0.15, 0.2) is 35.3 Å². The van der Waals surface area contributed by atoms with E-state index in [0.29, 0.717) is 11.0 Å². The Morgan fingerprint density at radius 2 is 2.16 bits per heavy atom. The molecule has 0 spiro atoms. The third-order valence-corrected chi connectivity index (χ3v) is 4.19. The van der Waals surface area contributed by atoms with Gasteiger partial charge in [0, 0.05) is 17.1 Å². The second-order valence-electron chi connectivity index (χ2n) is 4.78. The van der Waals surface area contributed by atoms with E-state index in [2.05, 4.69) is 22.5 Å². The Kier molecular flexibility index (Phi) is 4.75. The van der Waals surface area contributed by atoms with E-state index in [4.69, 9.17) is 0 Å². The molecule has 0 aliphatic heterocycles. The van der Waals surface area contributed by atoms with Gasteiger partial charge in [-0.1, -0.05) is 25.0 Å². The van der Waals surface area contributed by atoms with Crippen LogP contribution in [-0.4, -0.2) is 23.4 Å². The normalized spacial score (nSPS) is 15.5. The first kappa shape index (κ1) is 14.3. The SMILES string of the molecule is C=CCN(C(=O)c1c(F)cccc1Br)C1CCCC1. The molecule has 0 bridgehead atoms. The summed E-state index contributed by atoms with van der Waals surface area (Å²) in [5.74, 6) is -0.733. The average Bonchev–Trinajstić information content (AvgIpc) is 2.89. The zero-order chi connectivity index (χ0) is 13.8. The maximum Gasteiger partial charge on any atom is 0.258 e. The number of amides is 1. The number of hydrogen-bond donors (Lipinski definition) is 0. The van der Waals surface area contributed by atoms with Crippen molar-refractivity contribution in [2.24, 2.45) is 0 Å². The molecule has 102 valence electrons. The molecule has 2 nitrogen and oxygen atoms in total. The van der Waals surface area contributed by atoms with E-state index >= 15 is 0 Å². The molecule has 0 aromatic heterocycles. The van der Waals surface area contributed by atoms with Crippen LogP contribution in [0.5, 0.6) is 0 Å². The summed E-state index contributed by atoms with van der Waals surface area (Å²) in [6.45, 7) is 4.16. The molecule has 0 unspecified atom stereocenters. The molecule has 1 aliphatic carbocycles. The fraction of sp³-hybridized carbons (Fsp3) is 0.400. The van der Waals surface area contributed by atoms with E-state index in [0.717, 1.165) is 25.7 Å². The van der Waals surface area contributed by atoms with Gasteiger partial charge in [-0.15, -0.1) is 6.58 Å². The van der Waals surface area contributed by atoms with Crippen molar-refractivity contribution in [2.45, 2.75) is 31.7 Å². The van der Waals surface area contributed by atoms with Crippen LogP contribution in [0.3, 0.4) is 0 Å². The summed E-state index contributed by atoms with van der Waals surface area (Å²) in [5.41, 5.74) is 0.122. The molecule has 1 fully saturated rings. The molecule has 1 saturated carbocycles. The van der Waals surface area contributed by atoms with Gasteiger partial charge in [-0.05, 0) is 40.9 Å². The van der Waals surface area contributed by atoms with Crippen molar-refractivity contribution in [1.82, 2.24) is 4.90 Å². The maximum absolute atomic E-state index is 13.9. The molecular formula is C15H17BrFNO. The first-order valence-electron chi connectivity index (χ1n) is 6.51.